The van der Waals surface area contributed by atoms with E-state index in [1.54, 1.807) is 36.4 Å². The zero-order valence-electron chi connectivity index (χ0n) is 13.1. The molecular formula is C18H14N2O5. The average molecular weight is 338 g/mol. The molecule has 3 amide bonds. The van der Waals surface area contributed by atoms with Gasteiger partial charge in [0.05, 0.1) is 16.7 Å². The third-order valence-electron chi connectivity index (χ3n) is 3.87. The summed E-state index contributed by atoms with van der Waals surface area (Å²) in [5.74, 6) is -2.47. The third-order valence-corrected chi connectivity index (χ3v) is 3.87. The molecule has 0 aromatic heterocycles. The van der Waals surface area contributed by atoms with E-state index >= 15 is 0 Å². The fourth-order valence-corrected chi connectivity index (χ4v) is 2.55. The van der Waals surface area contributed by atoms with Crippen molar-refractivity contribution in [3.05, 3.63) is 70.8 Å². The molecule has 2 aromatic rings. The maximum atomic E-state index is 12.2. The fourth-order valence-electron chi connectivity index (χ4n) is 2.55. The van der Waals surface area contributed by atoms with E-state index < -0.39 is 23.7 Å². The molecule has 2 aromatic carbocycles. The van der Waals surface area contributed by atoms with Crippen LogP contribution in [0.3, 0.4) is 0 Å². The van der Waals surface area contributed by atoms with Gasteiger partial charge in [0, 0.05) is 6.54 Å². The summed E-state index contributed by atoms with van der Waals surface area (Å²) in [6.45, 7) is -0.193. The van der Waals surface area contributed by atoms with E-state index in [9.17, 15) is 19.2 Å². The molecule has 1 heterocycles. The predicted molar refractivity (Wildman–Crippen MR) is 87.1 cm³/mol. The van der Waals surface area contributed by atoms with Gasteiger partial charge in [-0.15, -0.1) is 0 Å². The molecule has 0 unspecified atom stereocenters. The van der Waals surface area contributed by atoms with Crippen LogP contribution in [0.1, 0.15) is 36.6 Å². The van der Waals surface area contributed by atoms with Crippen molar-refractivity contribution in [2.45, 2.75) is 6.54 Å². The first-order valence-corrected chi connectivity index (χ1v) is 7.51. The lowest BCUT2D eigenvalue weighted by Crippen LogP contribution is -2.40. The van der Waals surface area contributed by atoms with Crippen LogP contribution >= 0.6 is 0 Å². The number of carboxylic acids is 1. The van der Waals surface area contributed by atoms with E-state index in [1.165, 1.54) is 12.1 Å². The third kappa shape index (κ3) is 3.25. The summed E-state index contributed by atoms with van der Waals surface area (Å²) in [5, 5.41) is 11.4. The Kier molecular flexibility index (Phi) is 4.30. The van der Waals surface area contributed by atoms with Crippen molar-refractivity contribution in [2.75, 3.05) is 6.54 Å². The lowest BCUT2D eigenvalue weighted by molar-refractivity contribution is -0.121. The molecule has 2 N–H and O–H groups in total. The first-order valence-electron chi connectivity index (χ1n) is 7.51. The van der Waals surface area contributed by atoms with Gasteiger partial charge < -0.3 is 10.4 Å². The summed E-state index contributed by atoms with van der Waals surface area (Å²) in [4.78, 5) is 48.1. The number of nitrogens with one attached hydrogen (secondary N) is 1. The van der Waals surface area contributed by atoms with Crippen LogP contribution in [-0.4, -0.2) is 40.2 Å². The summed E-state index contributed by atoms with van der Waals surface area (Å²) in [5.41, 5.74) is 1.45. The van der Waals surface area contributed by atoms with Gasteiger partial charge in [0.25, 0.3) is 11.8 Å². The number of nitrogens with zero attached hydrogens (tertiary/aromatic N) is 1. The van der Waals surface area contributed by atoms with Gasteiger partial charge in [-0.05, 0) is 29.8 Å². The van der Waals surface area contributed by atoms with E-state index in [2.05, 4.69) is 5.32 Å². The Morgan fingerprint density at radius 3 is 2.00 bits per heavy atom. The average Bonchev–Trinajstić information content (AvgIpc) is 2.86. The van der Waals surface area contributed by atoms with Gasteiger partial charge in [-0.3, -0.25) is 19.3 Å². The van der Waals surface area contributed by atoms with Crippen molar-refractivity contribution in [1.82, 2.24) is 10.2 Å². The Morgan fingerprint density at radius 1 is 0.920 bits per heavy atom. The van der Waals surface area contributed by atoms with Gasteiger partial charge >= 0.3 is 5.97 Å². The highest BCUT2D eigenvalue weighted by Crippen LogP contribution is 2.21. The Bertz CT molecular complexity index is 838. The van der Waals surface area contributed by atoms with Crippen LogP contribution in [0.25, 0.3) is 0 Å². The molecule has 7 nitrogen and oxygen atoms in total. The number of amides is 3. The summed E-state index contributed by atoms with van der Waals surface area (Å²) < 4.78 is 0. The molecule has 1 aliphatic heterocycles. The minimum atomic E-state index is -1.03. The van der Waals surface area contributed by atoms with Crippen molar-refractivity contribution in [1.29, 1.82) is 0 Å². The van der Waals surface area contributed by atoms with Crippen LogP contribution in [0.4, 0.5) is 0 Å². The Labute approximate surface area is 142 Å². The van der Waals surface area contributed by atoms with Crippen LogP contribution in [0.2, 0.25) is 0 Å². The maximum Gasteiger partial charge on any atom is 0.335 e. The van der Waals surface area contributed by atoms with E-state index in [4.69, 9.17) is 5.11 Å². The van der Waals surface area contributed by atoms with Crippen molar-refractivity contribution in [3.63, 3.8) is 0 Å². The number of benzene rings is 2. The number of imide groups is 1. The van der Waals surface area contributed by atoms with Gasteiger partial charge in [0.1, 0.15) is 6.54 Å². The Hall–Kier alpha value is -3.48. The number of hydrogen-bond donors (Lipinski definition) is 2. The van der Waals surface area contributed by atoms with E-state index in [0.29, 0.717) is 16.7 Å². The first kappa shape index (κ1) is 16.4. The molecule has 1 aliphatic rings. The lowest BCUT2D eigenvalue weighted by atomic mass is 10.1. The van der Waals surface area contributed by atoms with Crippen molar-refractivity contribution in [2.24, 2.45) is 0 Å². The van der Waals surface area contributed by atoms with Crippen LogP contribution in [0.15, 0.2) is 48.5 Å². The second-order valence-corrected chi connectivity index (χ2v) is 5.52. The molecule has 7 heteroatoms. The van der Waals surface area contributed by atoms with Crippen LogP contribution in [0.5, 0.6) is 0 Å². The zero-order valence-corrected chi connectivity index (χ0v) is 13.1. The molecule has 0 radical (unpaired) electrons. The summed E-state index contributed by atoms with van der Waals surface area (Å²) in [6.07, 6.45) is 0. The zero-order chi connectivity index (χ0) is 18.0. The quantitative estimate of drug-likeness (QED) is 0.800. The van der Waals surface area contributed by atoms with Crippen LogP contribution in [0, 0.1) is 0 Å². The topological polar surface area (TPSA) is 104 Å². The second kappa shape index (κ2) is 6.56. The summed E-state index contributed by atoms with van der Waals surface area (Å²) in [7, 11) is 0. The predicted octanol–water partition coefficient (Wildman–Crippen LogP) is 1.30. The van der Waals surface area contributed by atoms with Gasteiger partial charge in [-0.25, -0.2) is 4.79 Å². The van der Waals surface area contributed by atoms with Crippen molar-refractivity contribution < 1.29 is 24.3 Å². The first-order chi connectivity index (χ1) is 12.0. The smallest absolute Gasteiger partial charge is 0.335 e. The molecule has 0 spiro atoms. The number of fused-ring (bicyclic) bond motifs is 1. The number of carboxylic acid groups (broad SMARTS) is 1. The molecule has 126 valence electrons. The van der Waals surface area contributed by atoms with Gasteiger partial charge in [-0.1, -0.05) is 24.3 Å². The van der Waals surface area contributed by atoms with Gasteiger partial charge in [0.15, 0.2) is 0 Å². The van der Waals surface area contributed by atoms with E-state index in [0.717, 1.165) is 4.90 Å². The number of rotatable bonds is 5. The van der Waals surface area contributed by atoms with Gasteiger partial charge in [-0.2, -0.15) is 0 Å². The molecule has 0 saturated carbocycles. The molecule has 0 fully saturated rings. The molecule has 0 atom stereocenters. The highest BCUT2D eigenvalue weighted by Gasteiger charge is 2.36. The molecule has 0 bridgehead atoms. The molecule has 25 heavy (non-hydrogen) atoms. The number of hydrogen-bond acceptors (Lipinski definition) is 4. The van der Waals surface area contributed by atoms with Crippen molar-refractivity contribution in [3.8, 4) is 0 Å². The molecule has 0 aliphatic carbocycles. The van der Waals surface area contributed by atoms with Crippen LogP contribution in [-0.2, 0) is 11.3 Å². The maximum absolute atomic E-state index is 12.2. The van der Waals surface area contributed by atoms with E-state index in [-0.39, 0.29) is 18.7 Å². The van der Waals surface area contributed by atoms with E-state index in [1.807, 2.05) is 0 Å². The Balaban J connectivity index is 1.59. The molecular weight excluding hydrogens is 324 g/mol. The SMILES string of the molecule is O=C(CN1C(=O)c2ccccc2C1=O)NCc1ccc(C(=O)O)cc1. The second-order valence-electron chi connectivity index (χ2n) is 5.52. The minimum Gasteiger partial charge on any atom is -0.478 e. The number of carbonyl (C=O) groups excluding carboxylic acids is 3. The number of carbonyl (C=O) groups is 4. The Morgan fingerprint density at radius 2 is 1.48 bits per heavy atom. The summed E-state index contributed by atoms with van der Waals surface area (Å²) in [6, 6.07) is 12.5. The van der Waals surface area contributed by atoms with Gasteiger partial charge in [0.2, 0.25) is 5.91 Å². The molecule has 3 rings (SSSR count). The standard InChI is InChI=1S/C18H14N2O5/c21-15(19-9-11-5-7-12(8-6-11)18(24)25)10-20-16(22)13-3-1-2-4-14(13)17(20)23/h1-8H,9-10H2,(H,19,21)(H,24,25). The lowest BCUT2D eigenvalue weighted by Gasteiger charge is -2.13. The number of aromatic carboxylic acids is 1. The largest absolute Gasteiger partial charge is 0.478 e. The molecule has 0 saturated heterocycles. The van der Waals surface area contributed by atoms with Crippen LogP contribution < -0.4 is 5.32 Å². The normalized spacial score (nSPS) is 12.9. The monoisotopic (exact) mass is 338 g/mol. The fraction of sp³-hybridized carbons (Fsp3) is 0.111. The highest BCUT2D eigenvalue weighted by molar-refractivity contribution is 6.22. The minimum absolute atomic E-state index is 0.154. The van der Waals surface area contributed by atoms with Crippen molar-refractivity contribution >= 4 is 23.7 Å². The highest BCUT2D eigenvalue weighted by atomic mass is 16.4. The summed E-state index contributed by atoms with van der Waals surface area (Å²) >= 11 is 0.